The molecular formula is C40H66N20O5. The van der Waals surface area contributed by atoms with Gasteiger partial charge in [-0.15, -0.1) is 16.6 Å². The topological polar surface area (TPSA) is 316 Å². The first-order chi connectivity index (χ1) is 31.5. The lowest BCUT2D eigenvalue weighted by atomic mass is 9.97. The van der Waals surface area contributed by atoms with Gasteiger partial charge in [-0.3, -0.25) is 19.6 Å². The van der Waals surface area contributed by atoms with Gasteiger partial charge in [0.05, 0.1) is 44.4 Å². The zero-order chi connectivity index (χ0) is 46.4. The van der Waals surface area contributed by atoms with Gasteiger partial charge in [-0.2, -0.15) is 15.0 Å². The summed E-state index contributed by atoms with van der Waals surface area (Å²) in [7, 11) is 0. The van der Waals surface area contributed by atoms with Crippen molar-refractivity contribution in [2.75, 3.05) is 127 Å². The van der Waals surface area contributed by atoms with E-state index in [9.17, 15) is 9.59 Å². The largest absolute Gasteiger partial charge is 0.377 e. The SMILES string of the molecule is C#CCOCCOCCOCCNc1nc(N2CCN(C(=O)Cn3cc(CCCN=C(N)N)nn3)CC2)nc(N2CCN(C(=O)[C@H]([C@@H](C)CC)n3cc(CCCN=C(N)N)nn3)CC2)n1. The molecular weight excluding hydrogens is 841 g/mol. The van der Waals surface area contributed by atoms with Gasteiger partial charge < -0.3 is 62.1 Å². The number of amides is 2. The molecule has 2 aliphatic rings. The van der Waals surface area contributed by atoms with Crippen molar-refractivity contribution in [3.63, 3.8) is 0 Å². The fourth-order valence-electron chi connectivity index (χ4n) is 7.10. The third-order valence-corrected chi connectivity index (χ3v) is 10.8. The molecule has 5 heterocycles. The van der Waals surface area contributed by atoms with Gasteiger partial charge in [0, 0.05) is 84.4 Å². The number of guanidine groups is 2. The Balaban J connectivity index is 1.19. The first-order valence-electron chi connectivity index (χ1n) is 22.2. The molecule has 0 unspecified atom stereocenters. The minimum Gasteiger partial charge on any atom is -0.377 e. The molecule has 0 saturated carbocycles. The van der Waals surface area contributed by atoms with E-state index in [0.29, 0.717) is 149 Å². The van der Waals surface area contributed by atoms with Gasteiger partial charge in [-0.1, -0.05) is 36.6 Å². The van der Waals surface area contributed by atoms with Crippen molar-refractivity contribution in [3.05, 3.63) is 23.8 Å². The lowest BCUT2D eigenvalue weighted by Crippen LogP contribution is -2.52. The highest BCUT2D eigenvalue weighted by Gasteiger charge is 2.34. The third-order valence-electron chi connectivity index (χ3n) is 10.8. The van der Waals surface area contributed by atoms with Crippen LogP contribution in [0.1, 0.15) is 50.5 Å². The molecule has 9 N–H and O–H groups in total. The average molecular weight is 907 g/mol. The molecule has 3 aromatic heterocycles. The van der Waals surface area contributed by atoms with Crippen LogP contribution in [0.4, 0.5) is 17.8 Å². The van der Waals surface area contributed by atoms with E-state index >= 15 is 0 Å². The zero-order valence-electron chi connectivity index (χ0n) is 37.7. The summed E-state index contributed by atoms with van der Waals surface area (Å²) < 4.78 is 19.7. The lowest BCUT2D eigenvalue weighted by molar-refractivity contribution is -0.137. The van der Waals surface area contributed by atoms with Gasteiger partial charge in [-0.25, -0.2) is 9.36 Å². The van der Waals surface area contributed by atoms with Gasteiger partial charge in [-0.05, 0) is 31.6 Å². The van der Waals surface area contributed by atoms with E-state index in [1.807, 2.05) is 11.1 Å². The Hall–Kier alpha value is -6.39. The number of aliphatic imine (C=N–C) groups is 2. The van der Waals surface area contributed by atoms with Gasteiger partial charge in [0.25, 0.3) is 0 Å². The summed E-state index contributed by atoms with van der Waals surface area (Å²) in [4.78, 5) is 57.8. The van der Waals surface area contributed by atoms with Crippen molar-refractivity contribution in [2.24, 2.45) is 38.8 Å². The molecule has 2 aliphatic heterocycles. The summed E-state index contributed by atoms with van der Waals surface area (Å²) in [6, 6.07) is -0.501. The van der Waals surface area contributed by atoms with Gasteiger partial charge in [0.15, 0.2) is 11.9 Å². The molecule has 2 atom stereocenters. The normalized spacial score (nSPS) is 15.0. The molecule has 0 spiro atoms. The van der Waals surface area contributed by atoms with E-state index in [4.69, 9.17) is 58.5 Å². The fourth-order valence-corrected chi connectivity index (χ4v) is 7.10. The molecule has 25 nitrogen and oxygen atoms in total. The van der Waals surface area contributed by atoms with Crippen LogP contribution in [0.15, 0.2) is 22.4 Å². The number of nitrogens with zero attached hydrogens (tertiary/aromatic N) is 15. The van der Waals surface area contributed by atoms with Crippen LogP contribution in [-0.2, 0) is 43.2 Å². The number of piperazine rings is 2. The minimum atomic E-state index is -0.501. The number of nitrogens with one attached hydrogen (secondary N) is 1. The van der Waals surface area contributed by atoms with Crippen LogP contribution < -0.4 is 38.1 Å². The van der Waals surface area contributed by atoms with Gasteiger partial charge in [0.1, 0.15) is 19.2 Å². The second kappa shape index (κ2) is 26.4. The first-order valence-corrected chi connectivity index (χ1v) is 22.2. The quantitative estimate of drug-likeness (QED) is 0.0236. The maximum absolute atomic E-state index is 14.2. The van der Waals surface area contributed by atoms with Crippen molar-refractivity contribution < 1.29 is 23.8 Å². The number of hydrogen-bond donors (Lipinski definition) is 5. The number of aromatic nitrogens is 9. The van der Waals surface area contributed by atoms with E-state index in [1.54, 1.807) is 20.5 Å². The number of rotatable bonds is 27. The molecule has 2 fully saturated rings. The molecule has 0 aliphatic carbocycles. The number of nitrogens with two attached hydrogens (primary N) is 4. The van der Waals surface area contributed by atoms with E-state index in [2.05, 4.69) is 65.5 Å². The molecule has 356 valence electrons. The lowest BCUT2D eigenvalue weighted by Gasteiger charge is -2.38. The Morgan fingerprint density at radius 2 is 1.32 bits per heavy atom. The number of anilines is 3. The summed E-state index contributed by atoms with van der Waals surface area (Å²) in [5.74, 6) is 3.86. The van der Waals surface area contributed by atoms with Crippen LogP contribution in [-0.4, -0.2) is 190 Å². The Morgan fingerprint density at radius 1 is 0.769 bits per heavy atom. The highest BCUT2D eigenvalue weighted by Crippen LogP contribution is 2.26. The average Bonchev–Trinajstić information content (AvgIpc) is 3.97. The molecule has 25 heteroatoms. The summed E-state index contributed by atoms with van der Waals surface area (Å²) >= 11 is 0. The highest BCUT2D eigenvalue weighted by atomic mass is 16.5. The van der Waals surface area contributed by atoms with E-state index < -0.39 is 6.04 Å². The van der Waals surface area contributed by atoms with Crippen molar-refractivity contribution in [1.29, 1.82) is 0 Å². The molecule has 5 rings (SSSR count). The Kier molecular flexibility index (Phi) is 20.2. The first kappa shape index (κ1) is 49.6. The number of ether oxygens (including phenoxy) is 3. The number of terminal acetylenes is 1. The van der Waals surface area contributed by atoms with Crippen molar-refractivity contribution >= 4 is 41.6 Å². The third kappa shape index (κ3) is 16.3. The minimum absolute atomic E-state index is 0.00605. The highest BCUT2D eigenvalue weighted by molar-refractivity contribution is 5.81. The summed E-state index contributed by atoms with van der Waals surface area (Å²) in [5, 5.41) is 20.3. The predicted molar refractivity (Wildman–Crippen MR) is 244 cm³/mol. The van der Waals surface area contributed by atoms with E-state index in [1.165, 1.54) is 0 Å². The maximum atomic E-state index is 14.2. The molecule has 0 bridgehead atoms. The Bertz CT molecular complexity index is 2010. The second-order valence-electron chi connectivity index (χ2n) is 15.6. The molecule has 0 radical (unpaired) electrons. The molecule has 65 heavy (non-hydrogen) atoms. The number of aryl methyl sites for hydroxylation is 2. The van der Waals surface area contributed by atoms with E-state index in [-0.39, 0.29) is 42.8 Å². The smallest absolute Gasteiger partial charge is 0.247 e. The molecule has 2 saturated heterocycles. The Labute approximate surface area is 379 Å². The number of hydrogen-bond acceptors (Lipinski definition) is 17. The standard InChI is InChI=1S/C40H66N20O5/c1-4-21-63-23-25-65-26-24-64-22-12-47-38-48-39(57-17-13-55(14-18-57)33(61)29-59-27-31(51-53-59)8-6-10-45-36(41)42)50-40(49-38)58-19-15-56(16-20-58)35(62)34(30(3)5-2)60-28-32(52-54-60)9-7-11-46-37(43)44/h1,27-28,30,34H,5-26,29H2,2-3H3,(H4,41,42,45)(H4,43,44,46)(H,47,48,49,50)/t30-,34-/m0/s1. The molecule has 3 aromatic rings. The van der Waals surface area contributed by atoms with Crippen molar-refractivity contribution in [3.8, 4) is 12.3 Å². The predicted octanol–water partition coefficient (Wildman–Crippen LogP) is -2.15. The maximum Gasteiger partial charge on any atom is 0.247 e. The van der Waals surface area contributed by atoms with Gasteiger partial charge in [0.2, 0.25) is 29.7 Å². The Morgan fingerprint density at radius 3 is 1.91 bits per heavy atom. The van der Waals surface area contributed by atoms with Crippen LogP contribution in [0.2, 0.25) is 0 Å². The van der Waals surface area contributed by atoms with Crippen LogP contribution in [0.3, 0.4) is 0 Å². The number of carbonyl (C=O) groups is 2. The monoisotopic (exact) mass is 907 g/mol. The van der Waals surface area contributed by atoms with E-state index in [0.717, 1.165) is 17.8 Å². The molecule has 2 amide bonds. The summed E-state index contributed by atoms with van der Waals surface area (Å²) in [6.07, 6.45) is 12.3. The second-order valence-corrected chi connectivity index (χ2v) is 15.6. The van der Waals surface area contributed by atoms with Crippen molar-refractivity contribution in [1.82, 2.24) is 54.7 Å². The zero-order valence-corrected chi connectivity index (χ0v) is 37.7. The van der Waals surface area contributed by atoms with Crippen molar-refractivity contribution in [2.45, 2.75) is 58.5 Å². The van der Waals surface area contributed by atoms with Crippen LogP contribution in [0.5, 0.6) is 0 Å². The fraction of sp³-hybridized carbons (Fsp3) is 0.675. The van der Waals surface area contributed by atoms with Gasteiger partial charge >= 0.3 is 0 Å². The number of carbonyl (C=O) groups excluding carboxylic acids is 2. The summed E-state index contributed by atoms with van der Waals surface area (Å²) in [5.41, 5.74) is 23.2. The van der Waals surface area contributed by atoms with Crippen LogP contribution in [0.25, 0.3) is 0 Å². The summed E-state index contributed by atoms with van der Waals surface area (Å²) in [6.45, 7) is 11.9. The molecule has 0 aromatic carbocycles. The van der Waals surface area contributed by atoms with Crippen LogP contribution in [0, 0.1) is 18.3 Å². The van der Waals surface area contributed by atoms with Crippen LogP contribution >= 0.6 is 0 Å².